The largest absolute Gasteiger partial charge is 0.444 e. The predicted octanol–water partition coefficient (Wildman–Crippen LogP) is 0.976. The average molecular weight is 350 g/mol. The fourth-order valence-corrected chi connectivity index (χ4v) is 3.57. The molecule has 2 aliphatic heterocycles. The Labute approximate surface area is 137 Å². The molecule has 0 N–H and O–H groups in total. The minimum absolute atomic E-state index is 0.177. The van der Waals surface area contributed by atoms with E-state index in [1.165, 1.54) is 4.90 Å². The van der Waals surface area contributed by atoms with Crippen molar-refractivity contribution in [2.45, 2.75) is 57.5 Å². The molecule has 2 heterocycles. The maximum Gasteiger partial charge on any atom is 0.410 e. The number of hydrogen-bond donors (Lipinski definition) is 0. The van der Waals surface area contributed by atoms with E-state index in [9.17, 15) is 13.2 Å². The molecule has 2 fully saturated rings. The first-order valence-electron chi connectivity index (χ1n) is 7.70. The molecule has 0 radical (unpaired) electrons. The molecular formula is C14H26N2O6S. The van der Waals surface area contributed by atoms with Crippen molar-refractivity contribution in [2.24, 2.45) is 0 Å². The van der Waals surface area contributed by atoms with Crippen LogP contribution in [0, 0.1) is 0 Å². The number of rotatable bonds is 3. The molecule has 9 heteroatoms. The molecule has 0 aromatic heterocycles. The first-order valence-corrected chi connectivity index (χ1v) is 9.52. The van der Waals surface area contributed by atoms with Gasteiger partial charge in [-0.3, -0.25) is 13.9 Å². The summed E-state index contributed by atoms with van der Waals surface area (Å²) in [6.07, 6.45) is 0.965. The van der Waals surface area contributed by atoms with Gasteiger partial charge in [0.25, 0.3) is 10.1 Å². The highest BCUT2D eigenvalue weighted by Crippen LogP contribution is 2.31. The predicted molar refractivity (Wildman–Crippen MR) is 83.2 cm³/mol. The standard InChI is InChI=1S/C14H26N2O6S/c1-14(2,3)20-13(17)16-9-10(22-23(5,18)19)8-11(16)12-6-7-15(4)21-12/h10-12H,6-9H2,1-5H3/t10-,11+,12-/m1/s1. The van der Waals surface area contributed by atoms with E-state index in [1.54, 1.807) is 25.8 Å². The SMILES string of the molecule is CN1CC[C@H]([C@@H]2C[C@@H](OS(C)(=O)=O)CN2C(=O)OC(C)(C)C)O1. The lowest BCUT2D eigenvalue weighted by molar-refractivity contribution is -0.142. The normalized spacial score (nSPS) is 30.0. The van der Waals surface area contributed by atoms with Gasteiger partial charge in [-0.1, -0.05) is 0 Å². The third kappa shape index (κ3) is 5.30. The highest BCUT2D eigenvalue weighted by Gasteiger charge is 2.45. The number of likely N-dealkylation sites (tertiary alicyclic amines) is 1. The van der Waals surface area contributed by atoms with Crippen LogP contribution in [0.25, 0.3) is 0 Å². The van der Waals surface area contributed by atoms with Crippen LogP contribution in [0.15, 0.2) is 0 Å². The van der Waals surface area contributed by atoms with Crippen molar-refractivity contribution < 1.29 is 27.0 Å². The van der Waals surface area contributed by atoms with Crippen molar-refractivity contribution in [2.75, 3.05) is 26.4 Å². The molecule has 2 aliphatic rings. The van der Waals surface area contributed by atoms with E-state index in [0.717, 1.165) is 19.2 Å². The van der Waals surface area contributed by atoms with Gasteiger partial charge in [-0.05, 0) is 33.6 Å². The topological polar surface area (TPSA) is 85.4 Å². The lowest BCUT2D eigenvalue weighted by Crippen LogP contribution is -2.45. The van der Waals surface area contributed by atoms with Crippen LogP contribution in [0.2, 0.25) is 0 Å². The first kappa shape index (κ1) is 18.4. The minimum atomic E-state index is -3.58. The molecule has 134 valence electrons. The molecule has 2 saturated heterocycles. The molecule has 23 heavy (non-hydrogen) atoms. The summed E-state index contributed by atoms with van der Waals surface area (Å²) in [4.78, 5) is 19.7. The number of nitrogens with zero attached hydrogens (tertiary/aromatic N) is 2. The minimum Gasteiger partial charge on any atom is -0.444 e. The molecule has 1 amide bonds. The van der Waals surface area contributed by atoms with Crippen LogP contribution in [-0.2, 0) is 23.9 Å². The van der Waals surface area contributed by atoms with Crippen LogP contribution >= 0.6 is 0 Å². The summed E-state index contributed by atoms with van der Waals surface area (Å²) in [5.41, 5.74) is -0.620. The summed E-state index contributed by atoms with van der Waals surface area (Å²) in [6, 6.07) is -0.262. The fraction of sp³-hybridized carbons (Fsp3) is 0.929. The van der Waals surface area contributed by atoms with Crippen LogP contribution in [-0.4, -0.2) is 74.7 Å². The third-order valence-electron chi connectivity index (χ3n) is 3.72. The third-order valence-corrected chi connectivity index (χ3v) is 4.34. The molecule has 0 spiro atoms. The van der Waals surface area contributed by atoms with E-state index in [-0.39, 0.29) is 18.7 Å². The van der Waals surface area contributed by atoms with Crippen LogP contribution < -0.4 is 0 Å². The number of carbonyl (C=O) groups is 1. The molecule has 2 rings (SSSR count). The second-order valence-corrected chi connectivity index (χ2v) is 8.74. The van der Waals surface area contributed by atoms with E-state index < -0.39 is 27.9 Å². The number of amides is 1. The summed E-state index contributed by atoms with van der Waals surface area (Å²) in [6.45, 7) is 6.32. The van der Waals surface area contributed by atoms with Crippen molar-refractivity contribution in [3.63, 3.8) is 0 Å². The molecular weight excluding hydrogens is 324 g/mol. The first-order chi connectivity index (χ1) is 10.4. The Morgan fingerprint density at radius 3 is 2.43 bits per heavy atom. The molecule has 0 unspecified atom stereocenters. The summed E-state index contributed by atoms with van der Waals surface area (Å²) < 4.78 is 33.3. The Balaban J connectivity index is 2.12. The van der Waals surface area contributed by atoms with Crippen molar-refractivity contribution in [3.05, 3.63) is 0 Å². The summed E-state index contributed by atoms with van der Waals surface area (Å²) >= 11 is 0. The zero-order valence-corrected chi connectivity index (χ0v) is 15.1. The van der Waals surface area contributed by atoms with Crippen LogP contribution in [0.1, 0.15) is 33.6 Å². The lowest BCUT2D eigenvalue weighted by Gasteiger charge is -2.30. The van der Waals surface area contributed by atoms with Gasteiger partial charge in [-0.15, -0.1) is 0 Å². The maximum atomic E-state index is 12.5. The van der Waals surface area contributed by atoms with E-state index in [0.29, 0.717) is 6.42 Å². The second kappa shape index (κ2) is 6.54. The van der Waals surface area contributed by atoms with Gasteiger partial charge in [0, 0.05) is 13.6 Å². The molecule has 3 atom stereocenters. The van der Waals surface area contributed by atoms with Gasteiger partial charge in [0.05, 0.1) is 24.9 Å². The quantitative estimate of drug-likeness (QED) is 0.701. The lowest BCUT2D eigenvalue weighted by atomic mass is 10.1. The zero-order chi connectivity index (χ0) is 17.4. The van der Waals surface area contributed by atoms with Crippen molar-refractivity contribution in [3.8, 4) is 0 Å². The number of carbonyl (C=O) groups excluding carboxylic acids is 1. The Morgan fingerprint density at radius 2 is 1.96 bits per heavy atom. The summed E-state index contributed by atoms with van der Waals surface area (Å²) in [7, 11) is -1.75. The number of hydroxylamine groups is 2. The van der Waals surface area contributed by atoms with Gasteiger partial charge < -0.3 is 4.74 Å². The smallest absolute Gasteiger partial charge is 0.410 e. The number of hydrogen-bond acceptors (Lipinski definition) is 7. The molecule has 0 saturated carbocycles. The second-order valence-electron chi connectivity index (χ2n) is 7.14. The molecule has 0 aliphatic carbocycles. The fourth-order valence-electron chi connectivity index (χ4n) is 2.93. The summed E-state index contributed by atoms with van der Waals surface area (Å²) in [5, 5.41) is 1.72. The van der Waals surface area contributed by atoms with Gasteiger partial charge in [0.1, 0.15) is 11.7 Å². The van der Waals surface area contributed by atoms with E-state index in [4.69, 9.17) is 13.8 Å². The van der Waals surface area contributed by atoms with Crippen LogP contribution in [0.4, 0.5) is 4.79 Å². The van der Waals surface area contributed by atoms with Crippen LogP contribution in [0.5, 0.6) is 0 Å². The van der Waals surface area contributed by atoms with Crippen LogP contribution in [0.3, 0.4) is 0 Å². The Kier molecular flexibility index (Phi) is 5.24. The van der Waals surface area contributed by atoms with Gasteiger partial charge in [-0.2, -0.15) is 13.5 Å². The maximum absolute atomic E-state index is 12.5. The number of ether oxygens (including phenoxy) is 1. The van der Waals surface area contributed by atoms with Gasteiger partial charge in [0.15, 0.2) is 0 Å². The summed E-state index contributed by atoms with van der Waals surface area (Å²) in [5.74, 6) is 0. The van der Waals surface area contributed by atoms with Gasteiger partial charge in [-0.25, -0.2) is 4.79 Å². The van der Waals surface area contributed by atoms with Crippen molar-refractivity contribution >= 4 is 16.2 Å². The monoisotopic (exact) mass is 350 g/mol. The Morgan fingerprint density at radius 1 is 1.30 bits per heavy atom. The average Bonchev–Trinajstić information content (AvgIpc) is 2.91. The van der Waals surface area contributed by atoms with E-state index >= 15 is 0 Å². The zero-order valence-electron chi connectivity index (χ0n) is 14.3. The molecule has 8 nitrogen and oxygen atoms in total. The Hall–Kier alpha value is -0.900. The van der Waals surface area contributed by atoms with Gasteiger partial charge >= 0.3 is 6.09 Å². The molecule has 0 bridgehead atoms. The molecule has 0 aromatic carbocycles. The Bertz CT molecular complexity index is 544. The molecule has 0 aromatic rings. The van der Waals surface area contributed by atoms with Gasteiger partial charge in [0.2, 0.25) is 0 Å². The highest BCUT2D eigenvalue weighted by atomic mass is 32.2. The van der Waals surface area contributed by atoms with E-state index in [2.05, 4.69) is 0 Å². The van der Waals surface area contributed by atoms with E-state index in [1.807, 2.05) is 7.05 Å². The highest BCUT2D eigenvalue weighted by molar-refractivity contribution is 7.86. The van der Waals surface area contributed by atoms with Crippen molar-refractivity contribution in [1.82, 2.24) is 9.96 Å². The van der Waals surface area contributed by atoms with Crippen molar-refractivity contribution in [1.29, 1.82) is 0 Å².